The number of hydrogen-bond donors (Lipinski definition) is 1. The molecule has 5 rings (SSSR count). The zero-order chi connectivity index (χ0) is 14.6. The lowest BCUT2D eigenvalue weighted by Gasteiger charge is -2.39. The third-order valence-electron chi connectivity index (χ3n) is 4.65. The Morgan fingerprint density at radius 2 is 1.90 bits per heavy atom. The summed E-state index contributed by atoms with van der Waals surface area (Å²) in [6.45, 7) is 2.20. The van der Waals surface area contributed by atoms with E-state index in [0.717, 1.165) is 24.3 Å². The first-order valence-electron chi connectivity index (χ1n) is 7.30. The second kappa shape index (κ2) is 4.35. The number of benzene rings is 1. The summed E-state index contributed by atoms with van der Waals surface area (Å²) in [4.78, 5) is 13.4. The summed E-state index contributed by atoms with van der Waals surface area (Å²) in [5, 5.41) is 13.7. The van der Waals surface area contributed by atoms with Crippen LogP contribution in [0.1, 0.15) is 34.8 Å². The molecular weight excluding hydrogens is 266 g/mol. The molecule has 2 aromatic rings. The summed E-state index contributed by atoms with van der Waals surface area (Å²) in [5.41, 5.74) is 4.92. The van der Waals surface area contributed by atoms with Crippen molar-refractivity contribution >= 4 is 11.7 Å². The van der Waals surface area contributed by atoms with Crippen molar-refractivity contribution in [3.05, 3.63) is 35.5 Å². The number of piperidine rings is 1. The van der Waals surface area contributed by atoms with Crippen molar-refractivity contribution in [2.45, 2.75) is 18.8 Å². The zero-order valence-electron chi connectivity index (χ0n) is 11.9. The fraction of sp³-hybridized carbons (Fsp3) is 0.375. The van der Waals surface area contributed by atoms with Crippen molar-refractivity contribution in [2.75, 3.05) is 18.0 Å². The van der Waals surface area contributed by atoms with Crippen LogP contribution in [0.15, 0.2) is 24.3 Å². The van der Waals surface area contributed by atoms with Gasteiger partial charge in [0.1, 0.15) is 0 Å². The molecule has 1 aromatic heterocycles. The van der Waals surface area contributed by atoms with Crippen LogP contribution in [0.2, 0.25) is 0 Å². The van der Waals surface area contributed by atoms with Crippen molar-refractivity contribution in [2.24, 2.45) is 7.05 Å². The Kier molecular flexibility index (Phi) is 2.58. The number of carboxylic acids is 1. The Hall–Kier alpha value is -2.30. The fourth-order valence-electron chi connectivity index (χ4n) is 3.59. The van der Waals surface area contributed by atoms with E-state index >= 15 is 0 Å². The fourth-order valence-corrected chi connectivity index (χ4v) is 3.59. The molecule has 5 heteroatoms. The van der Waals surface area contributed by atoms with Crippen LogP contribution in [0.4, 0.5) is 5.69 Å². The van der Waals surface area contributed by atoms with Gasteiger partial charge >= 0.3 is 5.97 Å². The number of carbonyl (C=O) groups is 1. The molecule has 3 aliphatic heterocycles. The van der Waals surface area contributed by atoms with Gasteiger partial charge in [-0.2, -0.15) is 5.10 Å². The average Bonchev–Trinajstić information content (AvgIpc) is 2.87. The lowest BCUT2D eigenvalue weighted by Crippen LogP contribution is -2.38. The van der Waals surface area contributed by atoms with Gasteiger partial charge in [-0.1, -0.05) is 12.1 Å². The molecule has 0 spiro atoms. The van der Waals surface area contributed by atoms with Gasteiger partial charge in [0.15, 0.2) is 0 Å². The first-order valence-corrected chi connectivity index (χ1v) is 7.30. The quantitative estimate of drug-likeness (QED) is 0.920. The summed E-state index contributed by atoms with van der Waals surface area (Å²) in [6, 6.07) is 7.08. The van der Waals surface area contributed by atoms with Crippen LogP contribution in [0, 0.1) is 0 Å². The monoisotopic (exact) mass is 283 g/mol. The van der Waals surface area contributed by atoms with Crippen molar-refractivity contribution in [3.63, 3.8) is 0 Å². The molecule has 0 aliphatic carbocycles. The van der Waals surface area contributed by atoms with Gasteiger partial charge in [-0.3, -0.25) is 4.68 Å². The minimum absolute atomic E-state index is 0.316. The number of anilines is 1. The maximum atomic E-state index is 11.0. The number of hydrogen-bond acceptors (Lipinski definition) is 3. The average molecular weight is 283 g/mol. The van der Waals surface area contributed by atoms with Gasteiger partial charge in [0, 0.05) is 31.6 Å². The van der Waals surface area contributed by atoms with Crippen molar-refractivity contribution in [3.8, 4) is 11.3 Å². The second-order valence-corrected chi connectivity index (χ2v) is 5.85. The van der Waals surface area contributed by atoms with Crippen molar-refractivity contribution in [1.29, 1.82) is 0 Å². The zero-order valence-corrected chi connectivity index (χ0v) is 11.9. The van der Waals surface area contributed by atoms with Gasteiger partial charge in [-0.15, -0.1) is 0 Å². The van der Waals surface area contributed by atoms with E-state index in [-0.39, 0.29) is 0 Å². The van der Waals surface area contributed by atoms with Crippen LogP contribution in [-0.2, 0) is 7.05 Å². The molecule has 0 atom stereocenters. The molecule has 5 nitrogen and oxygen atoms in total. The summed E-state index contributed by atoms with van der Waals surface area (Å²) >= 11 is 0. The highest BCUT2D eigenvalue weighted by molar-refractivity contribution is 5.89. The summed E-state index contributed by atoms with van der Waals surface area (Å²) < 4.78 is 1.94. The van der Waals surface area contributed by atoms with Crippen LogP contribution in [0.25, 0.3) is 11.3 Å². The molecule has 0 unspecified atom stereocenters. The van der Waals surface area contributed by atoms with Gasteiger partial charge in [0.05, 0.1) is 22.6 Å². The molecule has 0 radical (unpaired) electrons. The molecule has 1 saturated heterocycles. The molecule has 1 aromatic carbocycles. The largest absolute Gasteiger partial charge is 0.478 e. The first-order chi connectivity index (χ1) is 10.1. The number of fused-ring (bicyclic) bond motifs is 2. The normalized spacial score (nSPS) is 17.1. The third-order valence-corrected chi connectivity index (χ3v) is 4.65. The van der Waals surface area contributed by atoms with Crippen LogP contribution < -0.4 is 4.90 Å². The number of aromatic nitrogens is 2. The van der Waals surface area contributed by atoms with E-state index in [0.29, 0.717) is 11.5 Å². The number of aryl methyl sites for hydroxylation is 1. The van der Waals surface area contributed by atoms with Crippen molar-refractivity contribution < 1.29 is 9.90 Å². The Morgan fingerprint density at radius 1 is 1.24 bits per heavy atom. The maximum absolute atomic E-state index is 11.0. The maximum Gasteiger partial charge on any atom is 0.335 e. The van der Waals surface area contributed by atoms with E-state index in [1.807, 2.05) is 23.9 Å². The summed E-state index contributed by atoms with van der Waals surface area (Å²) in [7, 11) is 1.97. The smallest absolute Gasteiger partial charge is 0.335 e. The van der Waals surface area contributed by atoms with Crippen LogP contribution in [-0.4, -0.2) is 33.9 Å². The minimum atomic E-state index is -0.892. The Morgan fingerprint density at radius 3 is 2.52 bits per heavy atom. The number of aromatic carboxylic acids is 1. The van der Waals surface area contributed by atoms with Crippen LogP contribution >= 0.6 is 0 Å². The molecule has 2 bridgehead atoms. The second-order valence-electron chi connectivity index (χ2n) is 5.85. The molecule has 0 saturated carbocycles. The number of rotatable bonds is 2. The summed E-state index contributed by atoms with van der Waals surface area (Å²) in [5.74, 6) is -0.306. The molecule has 1 fully saturated rings. The molecule has 4 heterocycles. The van der Waals surface area contributed by atoms with Gasteiger partial charge < -0.3 is 10.0 Å². The molecule has 0 amide bonds. The van der Waals surface area contributed by atoms with E-state index in [4.69, 9.17) is 10.2 Å². The molecule has 21 heavy (non-hydrogen) atoms. The predicted octanol–water partition coefficient (Wildman–Crippen LogP) is 2.48. The first kappa shape index (κ1) is 12.4. The van der Waals surface area contributed by atoms with E-state index in [1.165, 1.54) is 24.2 Å². The van der Waals surface area contributed by atoms with E-state index in [2.05, 4.69) is 4.90 Å². The molecule has 1 N–H and O–H groups in total. The Labute approximate surface area is 122 Å². The van der Waals surface area contributed by atoms with Crippen molar-refractivity contribution in [1.82, 2.24) is 9.78 Å². The predicted molar refractivity (Wildman–Crippen MR) is 79.8 cm³/mol. The van der Waals surface area contributed by atoms with Gasteiger partial charge in [-0.25, -0.2) is 4.79 Å². The van der Waals surface area contributed by atoms with Crippen LogP contribution in [0.5, 0.6) is 0 Å². The van der Waals surface area contributed by atoms with Gasteiger partial charge in [-0.05, 0) is 25.0 Å². The molecular formula is C16H17N3O2. The molecule has 3 aliphatic rings. The highest BCUT2D eigenvalue weighted by atomic mass is 16.4. The Bertz CT molecular complexity index is 710. The SMILES string of the molecule is Cn1nc2c(c1-c1ccc(C(=O)O)cc1)N1CCC2CC1. The van der Waals surface area contributed by atoms with E-state index < -0.39 is 5.97 Å². The highest BCUT2D eigenvalue weighted by Crippen LogP contribution is 2.46. The highest BCUT2D eigenvalue weighted by Gasteiger charge is 2.36. The van der Waals surface area contributed by atoms with Crippen LogP contribution in [0.3, 0.4) is 0 Å². The lowest BCUT2D eigenvalue weighted by molar-refractivity contribution is 0.0697. The lowest BCUT2D eigenvalue weighted by atomic mass is 9.86. The van der Waals surface area contributed by atoms with E-state index in [9.17, 15) is 4.79 Å². The van der Waals surface area contributed by atoms with Gasteiger partial charge in [0.2, 0.25) is 0 Å². The Balaban J connectivity index is 1.84. The number of nitrogens with zero attached hydrogens (tertiary/aromatic N) is 3. The minimum Gasteiger partial charge on any atom is -0.478 e. The topological polar surface area (TPSA) is 58.4 Å². The third kappa shape index (κ3) is 1.77. The van der Waals surface area contributed by atoms with Gasteiger partial charge in [0.25, 0.3) is 0 Å². The van der Waals surface area contributed by atoms with E-state index in [1.54, 1.807) is 12.1 Å². The number of carboxylic acid groups (broad SMARTS) is 1. The molecule has 108 valence electrons. The standard InChI is InChI=1S/C16H17N3O2/c1-18-14(11-2-4-12(5-3-11)16(20)21)15-13(17-18)10-6-8-19(15)9-7-10/h2-5,10H,6-9H2,1H3,(H,20,21). The summed E-state index contributed by atoms with van der Waals surface area (Å²) in [6.07, 6.45) is 2.39.